The second-order valence-electron chi connectivity index (χ2n) is 9.11. The third-order valence-corrected chi connectivity index (χ3v) is 6.98. The summed E-state index contributed by atoms with van der Waals surface area (Å²) in [7, 11) is 1.80. The highest BCUT2D eigenvalue weighted by Crippen LogP contribution is 2.46. The maximum absolute atomic E-state index is 9.28. The lowest BCUT2D eigenvalue weighted by Crippen LogP contribution is -2.34. The monoisotopic (exact) mass is 528 g/mol. The van der Waals surface area contributed by atoms with Gasteiger partial charge < -0.3 is 5.73 Å². The van der Waals surface area contributed by atoms with Crippen LogP contribution in [0, 0.1) is 17.2 Å². The Morgan fingerprint density at radius 3 is 2.37 bits per heavy atom. The maximum atomic E-state index is 9.28. The van der Waals surface area contributed by atoms with Gasteiger partial charge in [-0.15, -0.1) is 11.3 Å². The molecule has 1 aromatic heterocycles. The van der Waals surface area contributed by atoms with Gasteiger partial charge in [0.1, 0.15) is 5.54 Å². The van der Waals surface area contributed by atoms with Gasteiger partial charge in [0.25, 0.3) is 0 Å². The van der Waals surface area contributed by atoms with Gasteiger partial charge in [-0.25, -0.2) is 0 Å². The van der Waals surface area contributed by atoms with E-state index in [0.29, 0.717) is 11.4 Å². The fourth-order valence-electron chi connectivity index (χ4n) is 4.43. The molecule has 1 aliphatic rings. The van der Waals surface area contributed by atoms with Crippen LogP contribution in [0.25, 0.3) is 11.1 Å². The van der Waals surface area contributed by atoms with Crippen LogP contribution in [0.1, 0.15) is 72.3 Å². The Bertz CT molecular complexity index is 1280. The van der Waals surface area contributed by atoms with Crippen molar-refractivity contribution >= 4 is 22.9 Å². The van der Waals surface area contributed by atoms with E-state index in [-0.39, 0.29) is 5.92 Å². The smallest absolute Gasteiger partial charge is 0.104 e. The zero-order chi connectivity index (χ0) is 28.9. The summed E-state index contributed by atoms with van der Waals surface area (Å²) in [6.45, 7) is 20.6. The van der Waals surface area contributed by atoms with Crippen molar-refractivity contribution in [2.45, 2.75) is 67.3 Å². The predicted molar refractivity (Wildman–Crippen MR) is 169 cm³/mol. The number of nitrogens with zero attached hydrogens (tertiary/aromatic N) is 3. The summed E-state index contributed by atoms with van der Waals surface area (Å²) in [5, 5.41) is 11.4. The summed E-state index contributed by atoms with van der Waals surface area (Å²) in [5.41, 5.74) is 12.4. The number of rotatable bonds is 6. The molecule has 1 heterocycles. The maximum Gasteiger partial charge on any atom is 0.104 e. The molecule has 4 nitrogen and oxygen atoms in total. The quantitative estimate of drug-likeness (QED) is 0.231. The van der Waals surface area contributed by atoms with Crippen LogP contribution in [0.5, 0.6) is 0 Å². The van der Waals surface area contributed by atoms with Gasteiger partial charge in [0, 0.05) is 17.8 Å². The second-order valence-corrected chi connectivity index (χ2v) is 10.0. The first-order valence-corrected chi connectivity index (χ1v) is 14.1. The summed E-state index contributed by atoms with van der Waals surface area (Å²) >= 11 is 1.65. The van der Waals surface area contributed by atoms with Crippen LogP contribution >= 0.6 is 11.3 Å². The second kappa shape index (κ2) is 15.7. The molecule has 0 saturated carbocycles. The number of benzene rings is 1. The lowest BCUT2D eigenvalue weighted by atomic mass is 9.73. The van der Waals surface area contributed by atoms with E-state index < -0.39 is 5.54 Å². The topological polar surface area (TPSA) is 74.5 Å². The molecular weight excluding hydrogens is 484 g/mol. The summed E-state index contributed by atoms with van der Waals surface area (Å²) in [4.78, 5) is 10.4. The van der Waals surface area contributed by atoms with Crippen molar-refractivity contribution in [1.29, 1.82) is 5.26 Å². The molecule has 0 spiro atoms. The fraction of sp³-hybridized carbons (Fsp3) is 0.364. The third-order valence-electron chi connectivity index (χ3n) is 5.82. The minimum atomic E-state index is -0.643. The minimum Gasteiger partial charge on any atom is -0.388 e. The summed E-state index contributed by atoms with van der Waals surface area (Å²) in [6, 6.07) is 12.0. The Kier molecular flexibility index (Phi) is 13.4. The Labute approximate surface area is 234 Å². The molecule has 5 heteroatoms. The van der Waals surface area contributed by atoms with E-state index in [1.165, 1.54) is 6.42 Å². The van der Waals surface area contributed by atoms with E-state index in [0.717, 1.165) is 38.4 Å². The van der Waals surface area contributed by atoms with E-state index >= 15 is 0 Å². The normalized spacial score (nSPS) is 17.3. The van der Waals surface area contributed by atoms with Crippen LogP contribution in [0.15, 0.2) is 93.3 Å². The van der Waals surface area contributed by atoms with Crippen molar-refractivity contribution in [1.82, 2.24) is 0 Å². The Morgan fingerprint density at radius 1 is 1.18 bits per heavy atom. The largest absolute Gasteiger partial charge is 0.388 e. The van der Waals surface area contributed by atoms with E-state index in [1.807, 2.05) is 65.0 Å². The van der Waals surface area contributed by atoms with Gasteiger partial charge in [0.2, 0.25) is 0 Å². The van der Waals surface area contributed by atoms with Gasteiger partial charge in [0.05, 0.1) is 23.2 Å². The van der Waals surface area contributed by atoms with Crippen LogP contribution < -0.4 is 5.73 Å². The number of nitriles is 1. The molecule has 0 aliphatic heterocycles. The van der Waals surface area contributed by atoms with Gasteiger partial charge in [-0.05, 0) is 85.7 Å². The van der Waals surface area contributed by atoms with Gasteiger partial charge in [-0.2, -0.15) is 5.26 Å². The predicted octanol–water partition coefficient (Wildman–Crippen LogP) is 9.03. The molecule has 38 heavy (non-hydrogen) atoms. The molecule has 1 unspecified atom stereocenters. The molecule has 0 bridgehead atoms. The first kappa shape index (κ1) is 32.5. The summed E-state index contributed by atoms with van der Waals surface area (Å²) in [6.07, 6.45) is 9.65. The molecule has 3 rings (SSSR count). The highest BCUT2D eigenvalue weighted by atomic mass is 32.1. The van der Waals surface area contributed by atoms with Crippen molar-refractivity contribution < 1.29 is 0 Å². The molecule has 1 aliphatic carbocycles. The molecular formula is C33H44N4S. The first-order valence-electron chi connectivity index (χ1n) is 13.2. The zero-order valence-corrected chi connectivity index (χ0v) is 25.4. The summed E-state index contributed by atoms with van der Waals surface area (Å²) in [5.74, 6) is 0.435. The molecule has 202 valence electrons. The minimum absolute atomic E-state index is 0.0856. The molecule has 0 saturated heterocycles. The third kappa shape index (κ3) is 8.00. The average Bonchev–Trinajstić information content (AvgIpc) is 3.41. The van der Waals surface area contributed by atoms with E-state index in [4.69, 9.17) is 10.7 Å². The Morgan fingerprint density at radius 2 is 1.84 bits per heavy atom. The first-order chi connectivity index (χ1) is 18.1. The molecule has 2 aromatic rings. The SMILES string of the molecule is C=C(C)[C@H](C1=C/C(=C/C)C(=NC)C=C1)C(C)(N=C(C)N)c1cc(-c2cccc(C#N)c2)cs1.CC.CCC. The molecule has 0 fully saturated rings. The standard InChI is InChI=1S/C28H30N4S.C3H8.C2H6/c1-7-21-14-23(11-12-25(21)31-6)27(18(2)3)28(5,32-19(4)30)26-15-24(17-33-26)22-10-8-9-20(13-22)16-29;1-3-2;1-2/h7-15,17,27H,2H2,1,3-6H3,(H2,30,32);3H2,1-2H3;1-2H3/b21-7-,31-25?;;/t27-,28?;;/m1../s1. The number of nitrogens with two attached hydrogens (primary N) is 1. The average molecular weight is 529 g/mol. The molecule has 0 amide bonds. The van der Waals surface area contributed by atoms with Crippen molar-refractivity contribution in [2.75, 3.05) is 7.05 Å². The van der Waals surface area contributed by atoms with Crippen LogP contribution in [-0.2, 0) is 5.54 Å². The van der Waals surface area contributed by atoms with Crippen LogP contribution in [0.4, 0.5) is 0 Å². The number of aliphatic imine (C=N–C) groups is 2. The van der Waals surface area contributed by atoms with Crippen molar-refractivity contribution in [2.24, 2.45) is 21.6 Å². The van der Waals surface area contributed by atoms with Gasteiger partial charge in [-0.1, -0.05) is 70.6 Å². The number of allylic oxidation sites excluding steroid dienone is 5. The zero-order valence-electron chi connectivity index (χ0n) is 24.6. The highest BCUT2D eigenvalue weighted by molar-refractivity contribution is 7.10. The van der Waals surface area contributed by atoms with E-state index in [9.17, 15) is 5.26 Å². The Hall–Kier alpha value is -3.49. The van der Waals surface area contributed by atoms with Crippen molar-refractivity contribution in [3.05, 3.63) is 93.8 Å². The number of hydrogen-bond acceptors (Lipinski definition) is 4. The molecule has 2 atom stereocenters. The van der Waals surface area contributed by atoms with Gasteiger partial charge in [-0.3, -0.25) is 9.98 Å². The lowest BCUT2D eigenvalue weighted by molar-refractivity contribution is 0.403. The number of hydrogen-bond donors (Lipinski definition) is 1. The van der Waals surface area contributed by atoms with Gasteiger partial charge in [0.15, 0.2) is 0 Å². The Balaban J connectivity index is 0.00000135. The van der Waals surface area contributed by atoms with Crippen LogP contribution in [0.3, 0.4) is 0 Å². The van der Waals surface area contributed by atoms with Crippen molar-refractivity contribution in [3.8, 4) is 17.2 Å². The van der Waals surface area contributed by atoms with E-state index in [2.05, 4.69) is 68.1 Å². The van der Waals surface area contributed by atoms with Crippen LogP contribution in [0.2, 0.25) is 0 Å². The highest BCUT2D eigenvalue weighted by Gasteiger charge is 2.40. The van der Waals surface area contributed by atoms with E-state index in [1.54, 1.807) is 18.4 Å². The van der Waals surface area contributed by atoms with Crippen LogP contribution in [-0.4, -0.2) is 18.6 Å². The molecule has 0 radical (unpaired) electrons. The van der Waals surface area contributed by atoms with Gasteiger partial charge >= 0.3 is 0 Å². The molecule has 2 N–H and O–H groups in total. The molecule has 1 aromatic carbocycles. The number of thiophene rings is 1. The summed E-state index contributed by atoms with van der Waals surface area (Å²) < 4.78 is 0. The number of amidine groups is 1. The lowest BCUT2D eigenvalue weighted by Gasteiger charge is -2.36. The fourth-order valence-corrected chi connectivity index (χ4v) is 5.48. The van der Waals surface area contributed by atoms with Crippen molar-refractivity contribution in [3.63, 3.8) is 0 Å².